The first-order valence-electron chi connectivity index (χ1n) is 4.79. The third-order valence-electron chi connectivity index (χ3n) is 2.63. The van der Waals surface area contributed by atoms with Crippen LogP contribution in [0, 0.1) is 0 Å². The van der Waals surface area contributed by atoms with Crippen LogP contribution in [0.25, 0.3) is 5.78 Å². The zero-order valence-corrected chi connectivity index (χ0v) is 9.04. The summed E-state index contributed by atoms with van der Waals surface area (Å²) in [6, 6.07) is 0. The Balaban J connectivity index is 2.33. The molecule has 0 spiro atoms. The zero-order valence-electron chi connectivity index (χ0n) is 8.23. The molecule has 1 aliphatic carbocycles. The molecule has 0 N–H and O–H groups in total. The Labute approximate surface area is 90.5 Å². The first-order chi connectivity index (χ1) is 7.29. The third-order valence-corrected chi connectivity index (χ3v) is 3.17. The number of aromatic nitrogens is 4. The number of fused-ring (bicyclic) bond motifs is 2. The number of rotatable bonds is 1. The lowest BCUT2D eigenvalue weighted by Crippen LogP contribution is -2.07. The van der Waals surface area contributed by atoms with Gasteiger partial charge in [-0.3, -0.25) is 0 Å². The summed E-state index contributed by atoms with van der Waals surface area (Å²) < 4.78 is 1.32. The van der Waals surface area contributed by atoms with Crippen molar-refractivity contribution in [3.8, 4) is 5.88 Å². The average Bonchev–Trinajstić information content (AvgIpc) is 2.83. The Morgan fingerprint density at radius 2 is 2.20 bits per heavy atom. The molecule has 78 valence electrons. The summed E-state index contributed by atoms with van der Waals surface area (Å²) in [4.78, 5) is 8.53. The molecule has 0 unspecified atom stereocenters. The first-order valence-corrected chi connectivity index (χ1v) is 6.01. The van der Waals surface area contributed by atoms with E-state index in [0.717, 1.165) is 30.5 Å². The summed E-state index contributed by atoms with van der Waals surface area (Å²) in [5, 5.41) is 16.7. The normalized spacial score (nSPS) is 14.7. The molecule has 3 rings (SSSR count). The molecule has 0 aliphatic heterocycles. The molecule has 0 radical (unpaired) electrons. The quantitative estimate of drug-likeness (QED) is 0.652. The molecule has 2 aromatic rings. The minimum absolute atomic E-state index is 0.0414. The monoisotopic (exact) mass is 221 g/mol. The Morgan fingerprint density at radius 1 is 1.33 bits per heavy atom. The van der Waals surface area contributed by atoms with E-state index in [1.807, 2.05) is 6.26 Å². The molecule has 2 aromatic heterocycles. The average molecular weight is 221 g/mol. The largest absolute Gasteiger partial charge is 0.858 e. The van der Waals surface area contributed by atoms with Gasteiger partial charge in [-0.2, -0.15) is 4.98 Å². The highest BCUT2D eigenvalue weighted by atomic mass is 32.2. The van der Waals surface area contributed by atoms with Crippen molar-refractivity contribution in [2.45, 2.75) is 24.4 Å². The summed E-state index contributed by atoms with van der Waals surface area (Å²) in [7, 11) is 0. The van der Waals surface area contributed by atoms with Crippen LogP contribution in [0.2, 0.25) is 0 Å². The van der Waals surface area contributed by atoms with Crippen LogP contribution in [0.5, 0.6) is 5.88 Å². The molecule has 5 nitrogen and oxygen atoms in total. The van der Waals surface area contributed by atoms with Crippen LogP contribution in [-0.2, 0) is 12.8 Å². The van der Waals surface area contributed by atoms with Crippen molar-refractivity contribution in [1.29, 1.82) is 0 Å². The van der Waals surface area contributed by atoms with Crippen molar-refractivity contribution in [1.82, 2.24) is 19.6 Å². The molecule has 0 saturated carbocycles. The van der Waals surface area contributed by atoms with Crippen LogP contribution in [0.4, 0.5) is 0 Å². The summed E-state index contributed by atoms with van der Waals surface area (Å²) >= 11 is 1.42. The van der Waals surface area contributed by atoms with Gasteiger partial charge < -0.3 is 5.11 Å². The van der Waals surface area contributed by atoms with Gasteiger partial charge in [0.2, 0.25) is 5.16 Å². The van der Waals surface area contributed by atoms with Crippen LogP contribution in [0.15, 0.2) is 5.16 Å². The summed E-state index contributed by atoms with van der Waals surface area (Å²) in [6.45, 7) is 0. The van der Waals surface area contributed by atoms with Gasteiger partial charge in [-0.15, -0.1) is 5.10 Å². The van der Waals surface area contributed by atoms with Gasteiger partial charge in [0.25, 0.3) is 5.78 Å². The Hall–Kier alpha value is -1.30. The fourth-order valence-corrected chi connectivity index (χ4v) is 2.25. The predicted molar refractivity (Wildman–Crippen MR) is 54.0 cm³/mol. The van der Waals surface area contributed by atoms with Crippen LogP contribution in [0.1, 0.15) is 17.7 Å². The highest BCUT2D eigenvalue weighted by molar-refractivity contribution is 7.98. The Morgan fingerprint density at radius 3 is 3.00 bits per heavy atom. The van der Waals surface area contributed by atoms with Gasteiger partial charge in [0.05, 0.1) is 0 Å². The maximum absolute atomic E-state index is 12.0. The van der Waals surface area contributed by atoms with Crippen molar-refractivity contribution in [3.05, 3.63) is 11.3 Å². The first kappa shape index (κ1) is 8.96. The van der Waals surface area contributed by atoms with Gasteiger partial charge in [-0.05, 0) is 37.0 Å². The van der Waals surface area contributed by atoms with E-state index in [0.29, 0.717) is 10.9 Å². The number of thioether (sulfide) groups is 1. The van der Waals surface area contributed by atoms with Crippen LogP contribution in [0.3, 0.4) is 0 Å². The molecule has 15 heavy (non-hydrogen) atoms. The smallest absolute Gasteiger partial charge is 0.252 e. The summed E-state index contributed by atoms with van der Waals surface area (Å²) in [5.74, 6) is 0.394. The highest BCUT2D eigenvalue weighted by Gasteiger charge is 2.17. The molecular formula is C9H9N4OS-. The van der Waals surface area contributed by atoms with Crippen LogP contribution >= 0.6 is 11.8 Å². The molecule has 1 aliphatic rings. The molecule has 0 amide bonds. The number of aryl methyl sites for hydroxylation is 1. The lowest BCUT2D eigenvalue weighted by atomic mass is 10.2. The van der Waals surface area contributed by atoms with E-state index in [-0.39, 0.29) is 5.88 Å². The van der Waals surface area contributed by atoms with Gasteiger partial charge >= 0.3 is 0 Å². The Kier molecular flexibility index (Phi) is 1.85. The number of hydrogen-bond acceptors (Lipinski definition) is 5. The molecule has 2 heterocycles. The fraction of sp³-hybridized carbons (Fsp3) is 0.444. The second-order valence-corrected chi connectivity index (χ2v) is 4.28. The molecule has 0 atom stereocenters. The third kappa shape index (κ3) is 1.21. The Bertz CT molecular complexity index is 536. The van der Waals surface area contributed by atoms with E-state index >= 15 is 0 Å². The highest BCUT2D eigenvalue weighted by Crippen LogP contribution is 2.27. The van der Waals surface area contributed by atoms with E-state index in [1.54, 1.807) is 0 Å². The lowest BCUT2D eigenvalue weighted by Gasteiger charge is -2.12. The fourth-order valence-electron chi connectivity index (χ4n) is 1.91. The van der Waals surface area contributed by atoms with Crippen molar-refractivity contribution >= 4 is 17.5 Å². The predicted octanol–water partition coefficient (Wildman–Crippen LogP) is 0.408. The standard InChI is InChI=1S/C9H10N4OS/c1-15-9-11-8-10-6-4-2-3-5(6)7(14)13(8)12-9/h14H,2-4H2,1H3/p-1. The van der Waals surface area contributed by atoms with E-state index in [2.05, 4.69) is 15.1 Å². The van der Waals surface area contributed by atoms with Gasteiger partial charge in [0.1, 0.15) is 0 Å². The molecule has 0 bridgehead atoms. The molecular weight excluding hydrogens is 212 g/mol. The van der Waals surface area contributed by atoms with E-state index in [4.69, 9.17) is 0 Å². The maximum Gasteiger partial charge on any atom is 0.252 e. The maximum atomic E-state index is 12.0. The van der Waals surface area contributed by atoms with Crippen molar-refractivity contribution in [2.75, 3.05) is 6.26 Å². The number of nitrogens with zero attached hydrogens (tertiary/aromatic N) is 4. The van der Waals surface area contributed by atoms with Crippen molar-refractivity contribution < 1.29 is 5.11 Å². The second kappa shape index (κ2) is 3.10. The van der Waals surface area contributed by atoms with E-state index < -0.39 is 0 Å². The van der Waals surface area contributed by atoms with E-state index in [9.17, 15) is 5.11 Å². The van der Waals surface area contributed by atoms with E-state index in [1.165, 1.54) is 16.3 Å². The summed E-state index contributed by atoms with van der Waals surface area (Å²) in [6.07, 6.45) is 4.61. The van der Waals surface area contributed by atoms with Gasteiger partial charge in [-0.25, -0.2) is 9.50 Å². The summed E-state index contributed by atoms with van der Waals surface area (Å²) in [5.41, 5.74) is 1.73. The van der Waals surface area contributed by atoms with Gasteiger partial charge in [0, 0.05) is 5.69 Å². The van der Waals surface area contributed by atoms with Crippen LogP contribution in [-0.4, -0.2) is 25.8 Å². The molecule has 0 fully saturated rings. The minimum atomic E-state index is -0.0414. The topological polar surface area (TPSA) is 66.1 Å². The van der Waals surface area contributed by atoms with Crippen LogP contribution < -0.4 is 5.11 Å². The number of hydrogen-bond donors (Lipinski definition) is 0. The van der Waals surface area contributed by atoms with Gasteiger partial charge in [-0.1, -0.05) is 11.8 Å². The second-order valence-electron chi connectivity index (χ2n) is 3.51. The zero-order chi connectivity index (χ0) is 10.4. The SMILES string of the molecule is CSc1nc2nc3c(c([O-])n2n1)CCC3. The van der Waals surface area contributed by atoms with Gasteiger partial charge in [0.15, 0.2) is 0 Å². The van der Waals surface area contributed by atoms with Crippen molar-refractivity contribution in [2.24, 2.45) is 0 Å². The lowest BCUT2D eigenvalue weighted by molar-refractivity contribution is -0.278. The molecule has 0 aromatic carbocycles. The minimum Gasteiger partial charge on any atom is -0.858 e. The molecule has 6 heteroatoms. The van der Waals surface area contributed by atoms with Crippen molar-refractivity contribution in [3.63, 3.8) is 0 Å². The molecule has 0 saturated heterocycles.